The third-order valence-corrected chi connectivity index (χ3v) is 3.10. The molecule has 84 valence electrons. The Bertz CT molecular complexity index is 466. The average molecular weight is 218 g/mol. The summed E-state index contributed by atoms with van der Waals surface area (Å²) in [5.74, 6) is -0.618. The van der Waals surface area contributed by atoms with E-state index in [1.807, 2.05) is 18.2 Å². The van der Waals surface area contributed by atoms with E-state index in [2.05, 4.69) is 0 Å². The fourth-order valence-electron chi connectivity index (χ4n) is 1.84. The van der Waals surface area contributed by atoms with E-state index in [1.165, 1.54) is 4.90 Å². The maximum atomic E-state index is 12.1. The lowest BCUT2D eigenvalue weighted by atomic mass is 10.0. The highest BCUT2D eigenvalue weighted by molar-refractivity contribution is 6.01. The molecule has 16 heavy (non-hydrogen) atoms. The average Bonchev–Trinajstić information content (AvgIpc) is 2.57. The minimum Gasteiger partial charge on any atom is -0.368 e. The fraction of sp³-hybridized carbons (Fsp3) is 0.333. The first kappa shape index (κ1) is 10.7. The van der Waals surface area contributed by atoms with Crippen LogP contribution in [0.4, 0.5) is 0 Å². The van der Waals surface area contributed by atoms with Crippen molar-refractivity contribution in [2.24, 2.45) is 5.73 Å². The van der Waals surface area contributed by atoms with Gasteiger partial charge in [-0.05, 0) is 25.5 Å². The van der Waals surface area contributed by atoms with Crippen LogP contribution < -0.4 is 5.73 Å². The molecular formula is C12H14N2O2. The zero-order valence-electron chi connectivity index (χ0n) is 9.36. The molecule has 0 bridgehead atoms. The minimum absolute atomic E-state index is 0.126. The standard InChI is InChI=1S/C12H14N2O2/c1-12(2,11(13)16)14-7-8-5-3-4-6-9(8)10(14)15/h3-6H,7H2,1-2H3,(H2,13,16). The van der Waals surface area contributed by atoms with Crippen molar-refractivity contribution in [2.75, 3.05) is 0 Å². The molecule has 1 heterocycles. The van der Waals surface area contributed by atoms with Crippen LogP contribution in [0, 0.1) is 0 Å². The van der Waals surface area contributed by atoms with Crippen molar-refractivity contribution in [1.82, 2.24) is 4.90 Å². The van der Waals surface area contributed by atoms with Crippen LogP contribution in [0.15, 0.2) is 24.3 Å². The normalized spacial score (nSPS) is 15.1. The molecule has 0 aromatic heterocycles. The van der Waals surface area contributed by atoms with E-state index in [-0.39, 0.29) is 5.91 Å². The topological polar surface area (TPSA) is 63.4 Å². The van der Waals surface area contributed by atoms with Crippen molar-refractivity contribution >= 4 is 11.8 Å². The Morgan fingerprint density at radius 1 is 1.38 bits per heavy atom. The van der Waals surface area contributed by atoms with E-state index in [0.717, 1.165) is 5.56 Å². The van der Waals surface area contributed by atoms with Gasteiger partial charge in [-0.25, -0.2) is 0 Å². The van der Waals surface area contributed by atoms with Crippen LogP contribution in [0.1, 0.15) is 29.8 Å². The van der Waals surface area contributed by atoms with Gasteiger partial charge in [-0.1, -0.05) is 18.2 Å². The molecule has 2 N–H and O–H groups in total. The fourth-order valence-corrected chi connectivity index (χ4v) is 1.84. The van der Waals surface area contributed by atoms with Gasteiger partial charge in [-0.3, -0.25) is 9.59 Å². The largest absolute Gasteiger partial charge is 0.368 e. The van der Waals surface area contributed by atoms with E-state index in [4.69, 9.17) is 5.73 Å². The third kappa shape index (κ3) is 1.38. The summed E-state index contributed by atoms with van der Waals surface area (Å²) < 4.78 is 0. The van der Waals surface area contributed by atoms with E-state index >= 15 is 0 Å². The second-order valence-electron chi connectivity index (χ2n) is 4.47. The molecule has 2 amide bonds. The van der Waals surface area contributed by atoms with E-state index < -0.39 is 11.4 Å². The van der Waals surface area contributed by atoms with Gasteiger partial charge in [0.1, 0.15) is 5.54 Å². The lowest BCUT2D eigenvalue weighted by Gasteiger charge is -2.32. The number of primary amides is 1. The number of benzene rings is 1. The van der Waals surface area contributed by atoms with Crippen LogP contribution in [0.3, 0.4) is 0 Å². The van der Waals surface area contributed by atoms with Gasteiger partial charge in [0, 0.05) is 12.1 Å². The van der Waals surface area contributed by atoms with Gasteiger partial charge in [0.15, 0.2) is 0 Å². The number of nitrogens with zero attached hydrogens (tertiary/aromatic N) is 1. The summed E-state index contributed by atoms with van der Waals surface area (Å²) in [5, 5.41) is 0. The lowest BCUT2D eigenvalue weighted by molar-refractivity contribution is -0.127. The Balaban J connectivity index is 2.39. The Morgan fingerprint density at radius 3 is 2.56 bits per heavy atom. The molecule has 0 radical (unpaired) electrons. The maximum Gasteiger partial charge on any atom is 0.255 e. The lowest BCUT2D eigenvalue weighted by Crippen LogP contribution is -2.53. The number of amides is 2. The van der Waals surface area contributed by atoms with Crippen molar-refractivity contribution < 1.29 is 9.59 Å². The van der Waals surface area contributed by atoms with Crippen LogP contribution >= 0.6 is 0 Å². The zero-order chi connectivity index (χ0) is 11.9. The molecule has 1 aromatic carbocycles. The highest BCUT2D eigenvalue weighted by Gasteiger charge is 2.40. The van der Waals surface area contributed by atoms with Gasteiger partial charge in [-0.2, -0.15) is 0 Å². The first-order chi connectivity index (χ1) is 7.44. The van der Waals surface area contributed by atoms with Gasteiger partial charge < -0.3 is 10.6 Å². The first-order valence-corrected chi connectivity index (χ1v) is 5.14. The highest BCUT2D eigenvalue weighted by Crippen LogP contribution is 2.28. The van der Waals surface area contributed by atoms with Crippen molar-refractivity contribution in [3.8, 4) is 0 Å². The molecule has 0 saturated carbocycles. The quantitative estimate of drug-likeness (QED) is 0.801. The van der Waals surface area contributed by atoms with Crippen LogP contribution in [-0.4, -0.2) is 22.3 Å². The number of rotatable bonds is 2. The van der Waals surface area contributed by atoms with Gasteiger partial charge in [-0.15, -0.1) is 0 Å². The Hall–Kier alpha value is -1.84. The molecule has 0 fully saturated rings. The maximum absolute atomic E-state index is 12.1. The highest BCUT2D eigenvalue weighted by atomic mass is 16.2. The molecule has 1 aliphatic heterocycles. The molecule has 1 aromatic rings. The minimum atomic E-state index is -0.948. The monoisotopic (exact) mass is 218 g/mol. The summed E-state index contributed by atoms with van der Waals surface area (Å²) in [6.45, 7) is 3.78. The molecule has 0 aliphatic carbocycles. The van der Waals surface area contributed by atoms with Crippen molar-refractivity contribution in [3.05, 3.63) is 35.4 Å². The molecule has 0 atom stereocenters. The molecule has 1 aliphatic rings. The SMILES string of the molecule is CC(C)(C(N)=O)N1Cc2ccccc2C1=O. The third-order valence-electron chi connectivity index (χ3n) is 3.10. The van der Waals surface area contributed by atoms with Crippen LogP contribution in [0.25, 0.3) is 0 Å². The summed E-state index contributed by atoms with van der Waals surface area (Å²) in [4.78, 5) is 24.9. The number of nitrogens with two attached hydrogens (primary N) is 1. The molecule has 4 nitrogen and oxygen atoms in total. The van der Waals surface area contributed by atoms with Crippen LogP contribution in [-0.2, 0) is 11.3 Å². The van der Waals surface area contributed by atoms with Gasteiger partial charge >= 0.3 is 0 Å². The summed E-state index contributed by atoms with van der Waals surface area (Å²) in [6, 6.07) is 7.36. The van der Waals surface area contributed by atoms with Crippen molar-refractivity contribution in [1.29, 1.82) is 0 Å². The Morgan fingerprint density at radius 2 is 2.00 bits per heavy atom. The van der Waals surface area contributed by atoms with Crippen LogP contribution in [0.5, 0.6) is 0 Å². The summed E-state index contributed by atoms with van der Waals surface area (Å²) in [6.07, 6.45) is 0. The van der Waals surface area contributed by atoms with Gasteiger partial charge in [0.05, 0.1) is 0 Å². The Labute approximate surface area is 94.0 Å². The van der Waals surface area contributed by atoms with Gasteiger partial charge in [0.2, 0.25) is 5.91 Å². The molecule has 4 heteroatoms. The second-order valence-corrected chi connectivity index (χ2v) is 4.47. The van der Waals surface area contributed by atoms with E-state index in [0.29, 0.717) is 12.1 Å². The predicted octanol–water partition coefficient (Wildman–Crippen LogP) is 0.906. The molecular weight excluding hydrogens is 204 g/mol. The predicted molar refractivity (Wildman–Crippen MR) is 59.6 cm³/mol. The number of carbonyl (C=O) groups excluding carboxylic acids is 2. The van der Waals surface area contributed by atoms with Crippen molar-refractivity contribution in [2.45, 2.75) is 25.9 Å². The molecule has 0 saturated heterocycles. The zero-order valence-corrected chi connectivity index (χ0v) is 9.36. The van der Waals surface area contributed by atoms with Crippen LogP contribution in [0.2, 0.25) is 0 Å². The number of hydrogen-bond acceptors (Lipinski definition) is 2. The van der Waals surface area contributed by atoms with E-state index in [1.54, 1.807) is 19.9 Å². The van der Waals surface area contributed by atoms with E-state index in [9.17, 15) is 9.59 Å². The van der Waals surface area contributed by atoms with Crippen molar-refractivity contribution in [3.63, 3.8) is 0 Å². The molecule has 0 unspecified atom stereocenters. The number of carbonyl (C=O) groups is 2. The summed E-state index contributed by atoms with van der Waals surface area (Å²) >= 11 is 0. The number of fused-ring (bicyclic) bond motifs is 1. The number of hydrogen-bond donors (Lipinski definition) is 1. The summed E-state index contributed by atoms with van der Waals surface area (Å²) in [7, 11) is 0. The smallest absolute Gasteiger partial charge is 0.255 e. The molecule has 0 spiro atoms. The Kier molecular flexibility index (Phi) is 2.22. The van der Waals surface area contributed by atoms with Gasteiger partial charge in [0.25, 0.3) is 5.91 Å². The summed E-state index contributed by atoms with van der Waals surface area (Å²) in [5.41, 5.74) is 5.98. The first-order valence-electron chi connectivity index (χ1n) is 5.14. The second kappa shape index (κ2) is 3.33. The molecule has 2 rings (SSSR count).